The Kier molecular flexibility index (Phi) is 7.65. The summed E-state index contributed by atoms with van der Waals surface area (Å²) >= 11 is 3.37. The molecule has 156 valence electrons. The van der Waals surface area contributed by atoms with Gasteiger partial charge in [0.05, 0.1) is 6.04 Å². The minimum absolute atomic E-state index is 0.0800. The standard InChI is InChI=1S/C19H26BrFN2O5/c1-19(2,3)28-18(26)23-12-17(25)22(11-14(23)4-6-24)15-8-13(20)9-16(10-15)27-7-5-21/h8-10,14,24H,4-7,11-12H2,1-3H3. The van der Waals surface area contributed by atoms with Crippen LogP contribution in [0.5, 0.6) is 5.75 Å². The fourth-order valence-electron chi connectivity index (χ4n) is 2.89. The highest BCUT2D eigenvalue weighted by molar-refractivity contribution is 9.10. The van der Waals surface area contributed by atoms with Crippen molar-refractivity contribution in [3.8, 4) is 5.75 Å². The number of alkyl halides is 1. The lowest BCUT2D eigenvalue weighted by molar-refractivity contribution is -0.122. The van der Waals surface area contributed by atoms with Gasteiger partial charge in [-0.15, -0.1) is 0 Å². The fraction of sp³-hybridized carbons (Fsp3) is 0.579. The van der Waals surface area contributed by atoms with Crippen LogP contribution in [0.25, 0.3) is 0 Å². The summed E-state index contributed by atoms with van der Waals surface area (Å²) in [6.07, 6.45) is -0.275. The molecule has 2 amide bonds. The lowest BCUT2D eigenvalue weighted by Gasteiger charge is -2.41. The van der Waals surface area contributed by atoms with E-state index in [0.29, 0.717) is 22.3 Å². The topological polar surface area (TPSA) is 79.3 Å². The summed E-state index contributed by atoms with van der Waals surface area (Å²) in [5.74, 6) is 0.151. The summed E-state index contributed by atoms with van der Waals surface area (Å²) < 4.78 is 23.8. The van der Waals surface area contributed by atoms with Crippen LogP contribution < -0.4 is 9.64 Å². The first-order chi connectivity index (χ1) is 13.1. The van der Waals surface area contributed by atoms with Gasteiger partial charge in [0.25, 0.3) is 0 Å². The number of benzene rings is 1. The Morgan fingerprint density at radius 1 is 1.36 bits per heavy atom. The number of aliphatic hydroxyl groups excluding tert-OH is 1. The summed E-state index contributed by atoms with van der Waals surface area (Å²) in [5.41, 5.74) is -0.117. The summed E-state index contributed by atoms with van der Waals surface area (Å²) in [7, 11) is 0. The van der Waals surface area contributed by atoms with Crippen LogP contribution in [0.4, 0.5) is 14.9 Å². The summed E-state index contributed by atoms with van der Waals surface area (Å²) in [5, 5.41) is 9.41. The normalized spacial score (nSPS) is 17.6. The zero-order valence-corrected chi connectivity index (χ0v) is 17.9. The number of piperazine rings is 1. The maximum absolute atomic E-state index is 12.8. The molecule has 1 aliphatic heterocycles. The van der Waals surface area contributed by atoms with E-state index in [-0.39, 0.29) is 32.2 Å². The first kappa shape index (κ1) is 22.4. The van der Waals surface area contributed by atoms with Gasteiger partial charge in [-0.3, -0.25) is 9.69 Å². The van der Waals surface area contributed by atoms with E-state index in [1.54, 1.807) is 39.0 Å². The van der Waals surface area contributed by atoms with Crippen molar-refractivity contribution in [3.05, 3.63) is 22.7 Å². The van der Waals surface area contributed by atoms with Gasteiger partial charge in [-0.25, -0.2) is 9.18 Å². The molecule has 1 aliphatic rings. The average molecular weight is 461 g/mol. The monoisotopic (exact) mass is 460 g/mol. The Balaban J connectivity index is 2.24. The van der Waals surface area contributed by atoms with Gasteiger partial charge in [0.2, 0.25) is 5.91 Å². The van der Waals surface area contributed by atoms with Crippen LogP contribution in [0.2, 0.25) is 0 Å². The van der Waals surface area contributed by atoms with Crippen molar-refractivity contribution in [1.29, 1.82) is 0 Å². The number of anilines is 1. The number of aliphatic hydroxyl groups is 1. The number of carbonyl (C=O) groups is 2. The molecular weight excluding hydrogens is 435 g/mol. The number of nitrogens with zero attached hydrogens (tertiary/aromatic N) is 2. The zero-order valence-electron chi connectivity index (χ0n) is 16.3. The van der Waals surface area contributed by atoms with E-state index in [2.05, 4.69) is 15.9 Å². The molecule has 9 heteroatoms. The van der Waals surface area contributed by atoms with Crippen molar-refractivity contribution in [2.45, 2.75) is 38.8 Å². The third kappa shape index (κ3) is 6.07. The van der Waals surface area contributed by atoms with Crippen molar-refractivity contribution >= 4 is 33.6 Å². The molecule has 1 aromatic carbocycles. The first-order valence-electron chi connectivity index (χ1n) is 9.05. The highest BCUT2D eigenvalue weighted by Crippen LogP contribution is 2.30. The van der Waals surface area contributed by atoms with Gasteiger partial charge in [0.1, 0.15) is 31.2 Å². The molecule has 1 saturated heterocycles. The van der Waals surface area contributed by atoms with Crippen LogP contribution >= 0.6 is 15.9 Å². The summed E-state index contributed by atoms with van der Waals surface area (Å²) in [6.45, 7) is 4.48. The minimum atomic E-state index is -0.687. The van der Waals surface area contributed by atoms with Crippen molar-refractivity contribution in [1.82, 2.24) is 4.90 Å². The molecule has 7 nitrogen and oxygen atoms in total. The fourth-order valence-corrected chi connectivity index (χ4v) is 3.35. The van der Waals surface area contributed by atoms with E-state index in [1.165, 1.54) is 9.80 Å². The molecule has 1 unspecified atom stereocenters. The molecule has 1 N–H and O–H groups in total. The van der Waals surface area contributed by atoms with E-state index >= 15 is 0 Å². The van der Waals surface area contributed by atoms with Gasteiger partial charge in [-0.05, 0) is 39.3 Å². The Bertz CT molecular complexity index is 710. The molecule has 1 heterocycles. The minimum Gasteiger partial charge on any atom is -0.491 e. The number of rotatable bonds is 6. The number of amides is 2. The Morgan fingerprint density at radius 2 is 2.07 bits per heavy atom. The molecular formula is C19H26BrFN2O5. The number of ether oxygens (including phenoxy) is 2. The van der Waals surface area contributed by atoms with Crippen LogP contribution in [0.15, 0.2) is 22.7 Å². The van der Waals surface area contributed by atoms with Gasteiger partial charge in [-0.1, -0.05) is 15.9 Å². The van der Waals surface area contributed by atoms with E-state index in [1.807, 2.05) is 0 Å². The highest BCUT2D eigenvalue weighted by Gasteiger charge is 2.37. The van der Waals surface area contributed by atoms with Gasteiger partial charge in [-0.2, -0.15) is 0 Å². The van der Waals surface area contributed by atoms with Crippen molar-refractivity contribution in [2.24, 2.45) is 0 Å². The summed E-state index contributed by atoms with van der Waals surface area (Å²) in [4.78, 5) is 28.2. The predicted molar refractivity (Wildman–Crippen MR) is 106 cm³/mol. The van der Waals surface area contributed by atoms with Crippen LogP contribution in [0, 0.1) is 0 Å². The second-order valence-corrected chi connectivity index (χ2v) is 8.38. The molecule has 0 aliphatic carbocycles. The van der Waals surface area contributed by atoms with E-state index in [0.717, 1.165) is 0 Å². The van der Waals surface area contributed by atoms with E-state index < -0.39 is 24.4 Å². The molecule has 0 bridgehead atoms. The maximum atomic E-state index is 12.8. The third-order valence-corrected chi connectivity index (χ3v) is 4.50. The van der Waals surface area contributed by atoms with Crippen LogP contribution in [-0.2, 0) is 9.53 Å². The maximum Gasteiger partial charge on any atom is 0.411 e. The molecule has 2 rings (SSSR count). The highest BCUT2D eigenvalue weighted by atomic mass is 79.9. The smallest absolute Gasteiger partial charge is 0.411 e. The Hall–Kier alpha value is -1.87. The molecule has 0 aromatic heterocycles. The van der Waals surface area contributed by atoms with Gasteiger partial charge >= 0.3 is 6.09 Å². The second-order valence-electron chi connectivity index (χ2n) is 7.46. The molecule has 0 spiro atoms. The van der Waals surface area contributed by atoms with Crippen molar-refractivity contribution in [3.63, 3.8) is 0 Å². The van der Waals surface area contributed by atoms with Crippen molar-refractivity contribution < 1.29 is 28.6 Å². The quantitative estimate of drug-likeness (QED) is 0.705. The predicted octanol–water partition coefficient (Wildman–Crippen LogP) is 3.13. The second kappa shape index (κ2) is 9.56. The average Bonchev–Trinajstić information content (AvgIpc) is 2.59. The number of hydrogen-bond acceptors (Lipinski definition) is 5. The molecule has 1 fully saturated rings. The molecule has 0 radical (unpaired) electrons. The van der Waals surface area contributed by atoms with E-state index in [4.69, 9.17) is 9.47 Å². The first-order valence-corrected chi connectivity index (χ1v) is 9.84. The van der Waals surface area contributed by atoms with Crippen LogP contribution in [0.1, 0.15) is 27.2 Å². The number of carbonyl (C=O) groups excluding carboxylic acids is 2. The Labute approximate surface area is 172 Å². The Morgan fingerprint density at radius 3 is 2.68 bits per heavy atom. The SMILES string of the molecule is CC(C)(C)OC(=O)N1CC(=O)N(c2cc(Br)cc(OCCF)c2)CC1CCO. The zero-order chi connectivity index (χ0) is 20.9. The van der Waals surface area contributed by atoms with Gasteiger partial charge < -0.3 is 19.5 Å². The largest absolute Gasteiger partial charge is 0.491 e. The number of hydrogen-bond donors (Lipinski definition) is 1. The molecule has 0 saturated carbocycles. The van der Waals surface area contributed by atoms with Gasteiger partial charge in [0.15, 0.2) is 0 Å². The van der Waals surface area contributed by atoms with E-state index in [9.17, 15) is 19.1 Å². The van der Waals surface area contributed by atoms with Crippen LogP contribution in [0.3, 0.4) is 0 Å². The molecule has 1 aromatic rings. The number of halogens is 2. The lowest BCUT2D eigenvalue weighted by Crippen LogP contribution is -2.59. The lowest BCUT2D eigenvalue weighted by atomic mass is 10.1. The molecule has 28 heavy (non-hydrogen) atoms. The third-order valence-electron chi connectivity index (χ3n) is 4.04. The summed E-state index contributed by atoms with van der Waals surface area (Å²) in [6, 6.07) is 4.69. The van der Waals surface area contributed by atoms with Crippen LogP contribution in [-0.4, -0.2) is 66.6 Å². The van der Waals surface area contributed by atoms with Gasteiger partial charge in [0, 0.05) is 29.4 Å². The van der Waals surface area contributed by atoms with Crippen molar-refractivity contribution in [2.75, 3.05) is 37.9 Å². The molecule has 1 atom stereocenters.